The highest BCUT2D eigenvalue weighted by Gasteiger charge is 2.23. The average molecular weight is 396 g/mol. The molecule has 28 heavy (non-hydrogen) atoms. The van der Waals surface area contributed by atoms with Crippen LogP contribution in [0, 0.1) is 11.3 Å². The van der Waals surface area contributed by atoms with Crippen LogP contribution in [-0.4, -0.2) is 41.9 Å². The van der Waals surface area contributed by atoms with Crippen LogP contribution in [0.2, 0.25) is 5.02 Å². The van der Waals surface area contributed by atoms with Gasteiger partial charge in [-0.15, -0.1) is 0 Å². The lowest BCUT2D eigenvalue weighted by Crippen LogP contribution is -2.48. The predicted octanol–water partition coefficient (Wildman–Crippen LogP) is 3.09. The van der Waals surface area contributed by atoms with Gasteiger partial charge < -0.3 is 16.0 Å². The van der Waals surface area contributed by atoms with Crippen molar-refractivity contribution in [3.63, 3.8) is 0 Å². The highest BCUT2D eigenvalue weighted by molar-refractivity contribution is 6.33. The van der Waals surface area contributed by atoms with Crippen LogP contribution in [0.3, 0.4) is 0 Å². The largest absolute Gasteiger partial charge is 0.399 e. The number of nitrogens with two attached hydrogens (primary N) is 1. The summed E-state index contributed by atoms with van der Waals surface area (Å²) in [7, 11) is 0. The summed E-state index contributed by atoms with van der Waals surface area (Å²) in [5, 5.41) is 12.7. The van der Waals surface area contributed by atoms with E-state index in [-0.39, 0.29) is 11.5 Å². The van der Waals surface area contributed by atoms with E-state index in [2.05, 4.69) is 22.3 Å². The van der Waals surface area contributed by atoms with Gasteiger partial charge in [-0.3, -0.25) is 9.69 Å². The first-order chi connectivity index (χ1) is 13.6. The summed E-state index contributed by atoms with van der Waals surface area (Å²) in [6.07, 6.45) is 1.40. The maximum Gasteiger partial charge on any atom is 0.266 e. The van der Waals surface area contributed by atoms with E-state index in [1.807, 2.05) is 24.3 Å². The molecule has 144 valence electrons. The van der Waals surface area contributed by atoms with Crippen molar-refractivity contribution in [3.05, 3.63) is 70.9 Å². The Bertz CT molecular complexity index is 899. The minimum absolute atomic E-state index is 0.0457. The number of hydrogen-bond acceptors (Lipinski definition) is 5. The summed E-state index contributed by atoms with van der Waals surface area (Å²) in [5.74, 6) is -0.277. The number of benzene rings is 2. The Kier molecular flexibility index (Phi) is 6.53. The third-order valence-electron chi connectivity index (χ3n) is 4.62. The number of nitrogen functional groups attached to an aromatic ring is 1. The molecule has 1 aliphatic heterocycles. The van der Waals surface area contributed by atoms with Gasteiger partial charge in [0.2, 0.25) is 0 Å². The molecule has 1 aliphatic rings. The van der Waals surface area contributed by atoms with E-state index in [1.54, 1.807) is 23.1 Å². The number of nitrogens with one attached hydrogen (secondary N) is 1. The Morgan fingerprint density at radius 1 is 1.18 bits per heavy atom. The first-order valence-electron chi connectivity index (χ1n) is 9.04. The fourth-order valence-electron chi connectivity index (χ4n) is 3.06. The molecule has 2 aromatic carbocycles. The molecule has 0 unspecified atom stereocenters. The van der Waals surface area contributed by atoms with Crippen molar-refractivity contribution in [2.45, 2.75) is 6.54 Å². The topological polar surface area (TPSA) is 85.4 Å². The molecule has 0 radical (unpaired) electrons. The van der Waals surface area contributed by atoms with Gasteiger partial charge in [-0.05, 0) is 23.8 Å². The van der Waals surface area contributed by atoms with Gasteiger partial charge in [0.15, 0.2) is 0 Å². The number of nitrogens with zero attached hydrogens (tertiary/aromatic N) is 3. The number of hydrogen-bond donors (Lipinski definition) is 2. The number of carbonyl (C=O) groups excluding carboxylic acids is 1. The van der Waals surface area contributed by atoms with E-state index in [0.29, 0.717) is 29.5 Å². The molecule has 1 amide bonds. The zero-order chi connectivity index (χ0) is 19.9. The smallest absolute Gasteiger partial charge is 0.266 e. The Labute approximate surface area is 169 Å². The third-order valence-corrected chi connectivity index (χ3v) is 4.94. The molecular weight excluding hydrogens is 374 g/mol. The van der Waals surface area contributed by atoms with Crippen molar-refractivity contribution in [3.8, 4) is 6.07 Å². The summed E-state index contributed by atoms with van der Waals surface area (Å²) < 4.78 is 0. The summed E-state index contributed by atoms with van der Waals surface area (Å²) in [4.78, 5) is 16.7. The molecule has 1 saturated heterocycles. The first kappa shape index (κ1) is 19.7. The van der Waals surface area contributed by atoms with Crippen molar-refractivity contribution >= 4 is 28.9 Å². The lowest BCUT2D eigenvalue weighted by Gasteiger charge is -2.34. The molecule has 0 aromatic heterocycles. The van der Waals surface area contributed by atoms with E-state index in [9.17, 15) is 10.1 Å². The summed E-state index contributed by atoms with van der Waals surface area (Å²) in [5.41, 5.74) is 8.10. The van der Waals surface area contributed by atoms with E-state index >= 15 is 0 Å². The highest BCUT2D eigenvalue weighted by atomic mass is 35.5. The molecule has 0 aliphatic carbocycles. The van der Waals surface area contributed by atoms with Gasteiger partial charge in [-0.2, -0.15) is 5.26 Å². The highest BCUT2D eigenvalue weighted by Crippen LogP contribution is 2.24. The van der Waals surface area contributed by atoms with Crippen molar-refractivity contribution < 1.29 is 4.79 Å². The predicted molar refractivity (Wildman–Crippen MR) is 111 cm³/mol. The van der Waals surface area contributed by atoms with Gasteiger partial charge in [0, 0.05) is 44.6 Å². The fraction of sp³-hybridized carbons (Fsp3) is 0.238. The number of piperazine rings is 1. The van der Waals surface area contributed by atoms with Crippen LogP contribution in [0.15, 0.2) is 60.3 Å². The van der Waals surface area contributed by atoms with Gasteiger partial charge >= 0.3 is 0 Å². The van der Waals surface area contributed by atoms with Gasteiger partial charge in [-0.1, -0.05) is 41.9 Å². The van der Waals surface area contributed by atoms with Crippen LogP contribution in [0.5, 0.6) is 0 Å². The van der Waals surface area contributed by atoms with E-state index < -0.39 is 0 Å². The fourth-order valence-corrected chi connectivity index (χ4v) is 3.30. The standard InChI is InChI=1S/C21H22ClN5O/c22-19-12-18(24)6-7-20(19)25-14-17(13-23)21(28)27-10-8-26(9-11-27)15-16-4-2-1-3-5-16/h1-7,12,14,25H,8-11,15,24H2/b17-14-. The Morgan fingerprint density at radius 3 is 2.54 bits per heavy atom. The quantitative estimate of drug-likeness (QED) is 0.461. The maximum absolute atomic E-state index is 12.7. The lowest BCUT2D eigenvalue weighted by molar-refractivity contribution is -0.128. The molecule has 2 aromatic rings. The van der Waals surface area contributed by atoms with Gasteiger partial charge in [0.25, 0.3) is 5.91 Å². The molecule has 0 saturated carbocycles. The number of halogens is 1. The molecule has 3 rings (SSSR count). The number of anilines is 2. The monoisotopic (exact) mass is 395 g/mol. The van der Waals surface area contributed by atoms with Crippen LogP contribution in [0.4, 0.5) is 11.4 Å². The van der Waals surface area contributed by atoms with Crippen LogP contribution < -0.4 is 11.1 Å². The molecule has 0 atom stereocenters. The zero-order valence-corrected chi connectivity index (χ0v) is 16.2. The van der Waals surface area contributed by atoms with E-state index in [4.69, 9.17) is 17.3 Å². The molecule has 0 spiro atoms. The zero-order valence-electron chi connectivity index (χ0n) is 15.4. The van der Waals surface area contributed by atoms with Gasteiger partial charge in [0.1, 0.15) is 11.6 Å². The molecule has 1 fully saturated rings. The van der Waals surface area contributed by atoms with Crippen LogP contribution in [0.1, 0.15) is 5.56 Å². The minimum atomic E-state index is -0.277. The van der Waals surface area contributed by atoms with E-state index in [1.165, 1.54) is 11.8 Å². The number of amides is 1. The number of rotatable bonds is 5. The van der Waals surface area contributed by atoms with Gasteiger partial charge in [-0.25, -0.2) is 0 Å². The second-order valence-corrected chi connectivity index (χ2v) is 7.01. The summed E-state index contributed by atoms with van der Waals surface area (Å²) >= 11 is 6.11. The second-order valence-electron chi connectivity index (χ2n) is 6.61. The average Bonchev–Trinajstić information content (AvgIpc) is 2.71. The second kappa shape index (κ2) is 9.27. The third kappa shape index (κ3) is 5.03. The van der Waals surface area contributed by atoms with Crippen molar-refractivity contribution in [2.75, 3.05) is 37.2 Å². The van der Waals surface area contributed by atoms with Crippen molar-refractivity contribution in [2.24, 2.45) is 0 Å². The minimum Gasteiger partial charge on any atom is -0.399 e. The molecule has 1 heterocycles. The van der Waals surface area contributed by atoms with Crippen LogP contribution in [-0.2, 0) is 11.3 Å². The molecule has 6 nitrogen and oxygen atoms in total. The Morgan fingerprint density at radius 2 is 1.89 bits per heavy atom. The molecule has 7 heteroatoms. The molecular formula is C21H22ClN5O. The number of carbonyl (C=O) groups is 1. The lowest BCUT2D eigenvalue weighted by atomic mass is 10.2. The SMILES string of the molecule is N#C/C(=C/Nc1ccc(N)cc1Cl)C(=O)N1CCN(Cc2ccccc2)CC1. The maximum atomic E-state index is 12.7. The molecule has 0 bridgehead atoms. The Balaban J connectivity index is 1.57. The van der Waals surface area contributed by atoms with Crippen molar-refractivity contribution in [1.29, 1.82) is 5.26 Å². The van der Waals surface area contributed by atoms with Crippen LogP contribution in [0.25, 0.3) is 0 Å². The molecule has 3 N–H and O–H groups in total. The van der Waals surface area contributed by atoms with E-state index in [0.717, 1.165) is 19.6 Å². The summed E-state index contributed by atoms with van der Waals surface area (Å²) in [6.45, 7) is 3.59. The van der Waals surface area contributed by atoms with Gasteiger partial charge in [0.05, 0.1) is 10.7 Å². The first-order valence-corrected chi connectivity index (χ1v) is 9.42. The van der Waals surface area contributed by atoms with Crippen molar-refractivity contribution in [1.82, 2.24) is 9.80 Å². The summed E-state index contributed by atoms with van der Waals surface area (Å²) in [6, 6.07) is 17.2. The normalized spacial score (nSPS) is 15.1. The Hall–Kier alpha value is -3.01. The number of nitriles is 1. The van der Waals surface area contributed by atoms with Crippen LogP contribution >= 0.6 is 11.6 Å².